The molecule has 7 rings (SSSR count). The predicted octanol–water partition coefficient (Wildman–Crippen LogP) is 7.20. The van der Waals surface area contributed by atoms with E-state index in [9.17, 15) is 4.39 Å². The summed E-state index contributed by atoms with van der Waals surface area (Å²) in [6.45, 7) is 9.43. The number of likely N-dealkylation sites (tertiary alicyclic amines) is 1. The molecule has 3 aromatic carbocycles. The molecule has 1 N–H and O–H groups in total. The lowest BCUT2D eigenvalue weighted by Crippen LogP contribution is -2.67. The van der Waals surface area contributed by atoms with Crippen molar-refractivity contribution in [3.8, 4) is 11.5 Å². The fraction of sp³-hybridized carbons (Fsp3) is 0.452. The van der Waals surface area contributed by atoms with E-state index in [1.54, 1.807) is 6.20 Å². The molecular weight excluding hydrogens is 694 g/mol. The first kappa shape index (κ1) is 37.4. The fourth-order valence-corrected chi connectivity index (χ4v) is 13.1. The van der Waals surface area contributed by atoms with Gasteiger partial charge in [-0.25, -0.2) is 8.78 Å². The molecule has 282 valence electrons. The molecule has 0 spiro atoms. The number of aromatic nitrogens is 1. The van der Waals surface area contributed by atoms with E-state index in [4.69, 9.17) is 18.9 Å². The molecule has 0 bridgehead atoms. The van der Waals surface area contributed by atoms with Crippen LogP contribution in [0.1, 0.15) is 63.4 Å². The SMILES string of the molecule is C[C@@H]1Cc2cc3c(cc2[C@@H](c2ccc(N[C@H]4CCN(CCCF)C4)cn2)N1CC(F)(F)CO[Si](c1ccccc1)(c1ccccc1)C(C)(C)C)OCO3. The van der Waals surface area contributed by atoms with Gasteiger partial charge in [-0.2, -0.15) is 0 Å². The van der Waals surface area contributed by atoms with Crippen molar-refractivity contribution in [1.82, 2.24) is 14.8 Å². The van der Waals surface area contributed by atoms with Crippen LogP contribution in [-0.4, -0.2) is 87.4 Å². The number of rotatable bonds is 13. The number of anilines is 1. The monoisotopic (exact) mass is 744 g/mol. The summed E-state index contributed by atoms with van der Waals surface area (Å²) in [4.78, 5) is 9.07. The van der Waals surface area contributed by atoms with Crippen molar-refractivity contribution in [2.75, 3.05) is 51.6 Å². The normalized spacial score (nSPS) is 20.8. The van der Waals surface area contributed by atoms with Crippen molar-refractivity contribution in [3.63, 3.8) is 0 Å². The second-order valence-electron chi connectivity index (χ2n) is 15.8. The maximum absolute atomic E-state index is 16.8. The Kier molecular flexibility index (Phi) is 10.9. The summed E-state index contributed by atoms with van der Waals surface area (Å²) in [6.07, 6.45) is 3.89. The number of halogens is 3. The zero-order valence-corrected chi connectivity index (χ0v) is 32.2. The Balaban J connectivity index is 1.17. The van der Waals surface area contributed by atoms with E-state index < -0.39 is 38.5 Å². The third-order valence-electron chi connectivity index (χ3n) is 11.0. The predicted molar refractivity (Wildman–Crippen MR) is 206 cm³/mol. The first-order chi connectivity index (χ1) is 25.5. The number of ether oxygens (including phenoxy) is 2. The minimum Gasteiger partial charge on any atom is -0.454 e. The van der Waals surface area contributed by atoms with Gasteiger partial charge < -0.3 is 24.1 Å². The molecule has 0 saturated carbocycles. The number of alkyl halides is 3. The van der Waals surface area contributed by atoms with Crippen molar-refractivity contribution in [2.24, 2.45) is 0 Å². The van der Waals surface area contributed by atoms with E-state index in [0.29, 0.717) is 30.0 Å². The van der Waals surface area contributed by atoms with Crippen LogP contribution in [0.3, 0.4) is 0 Å². The standard InChI is InChI=1S/C42H51F3N4O3Si/c1-30-22-31-23-38-39(51-29-50-38)24-36(31)40(37-17-16-32(25-46-37)47-33-18-21-48(26-33)20-11-19-43)49(30)27-42(44,45)28-52-53(41(2,3)4,34-12-7-5-8-13-34)35-14-9-6-10-15-35/h5-10,12-17,23-25,30,33,40,47H,11,18-22,26-29H2,1-4H3/t30-,33+,40+/m1/s1. The Hall–Kier alpha value is -3.90. The van der Waals surface area contributed by atoms with Gasteiger partial charge in [0.05, 0.1) is 43.4 Å². The summed E-state index contributed by atoms with van der Waals surface area (Å²) >= 11 is 0. The van der Waals surface area contributed by atoms with Gasteiger partial charge in [0, 0.05) is 31.7 Å². The number of hydrogen-bond donors (Lipinski definition) is 1. The van der Waals surface area contributed by atoms with Gasteiger partial charge >= 0.3 is 0 Å². The second kappa shape index (κ2) is 15.5. The van der Waals surface area contributed by atoms with Crippen LogP contribution in [0, 0.1) is 0 Å². The van der Waals surface area contributed by atoms with Gasteiger partial charge in [0.1, 0.15) is 0 Å². The molecule has 1 saturated heterocycles. The Labute approximate surface area is 312 Å². The molecular formula is C42H51F3N4O3Si. The topological polar surface area (TPSA) is 59.1 Å². The zero-order valence-electron chi connectivity index (χ0n) is 31.2. The highest BCUT2D eigenvalue weighted by molar-refractivity contribution is 6.99. The Morgan fingerprint density at radius 1 is 0.943 bits per heavy atom. The molecule has 3 atom stereocenters. The fourth-order valence-electron chi connectivity index (χ4n) is 8.49. The smallest absolute Gasteiger partial charge is 0.282 e. The van der Waals surface area contributed by atoms with E-state index in [2.05, 4.69) is 31.0 Å². The first-order valence-corrected chi connectivity index (χ1v) is 20.7. The van der Waals surface area contributed by atoms with Crippen molar-refractivity contribution in [3.05, 3.63) is 108 Å². The molecule has 0 aliphatic carbocycles. The average molecular weight is 745 g/mol. The largest absolute Gasteiger partial charge is 0.454 e. The highest BCUT2D eigenvalue weighted by Gasteiger charge is 2.52. The second-order valence-corrected chi connectivity index (χ2v) is 20.1. The molecule has 53 heavy (non-hydrogen) atoms. The van der Waals surface area contributed by atoms with Crippen LogP contribution in [0.15, 0.2) is 91.1 Å². The number of pyridine rings is 1. The van der Waals surface area contributed by atoms with Gasteiger partial charge in [-0.3, -0.25) is 14.3 Å². The molecule has 7 nitrogen and oxygen atoms in total. The summed E-state index contributed by atoms with van der Waals surface area (Å²) in [5, 5.41) is 5.08. The number of benzene rings is 3. The highest BCUT2D eigenvalue weighted by Crippen LogP contribution is 2.45. The van der Waals surface area contributed by atoms with E-state index >= 15 is 8.78 Å². The molecule has 3 aliphatic heterocycles. The van der Waals surface area contributed by atoms with Gasteiger partial charge in [0.15, 0.2) is 11.5 Å². The third kappa shape index (κ3) is 7.85. The van der Waals surface area contributed by atoms with Crippen LogP contribution in [0.5, 0.6) is 11.5 Å². The number of fused-ring (bicyclic) bond motifs is 2. The van der Waals surface area contributed by atoms with Crippen molar-refractivity contribution in [2.45, 2.75) is 76.0 Å². The van der Waals surface area contributed by atoms with Crippen molar-refractivity contribution >= 4 is 24.4 Å². The van der Waals surface area contributed by atoms with Gasteiger partial charge in [0.2, 0.25) is 6.79 Å². The van der Waals surface area contributed by atoms with E-state index in [1.165, 1.54) is 0 Å². The molecule has 0 radical (unpaired) electrons. The lowest BCUT2D eigenvalue weighted by molar-refractivity contribution is -0.0821. The van der Waals surface area contributed by atoms with Gasteiger partial charge in [-0.15, -0.1) is 0 Å². The van der Waals surface area contributed by atoms with Gasteiger partial charge in [-0.1, -0.05) is 81.4 Å². The van der Waals surface area contributed by atoms with Crippen molar-refractivity contribution in [1.29, 1.82) is 0 Å². The van der Waals surface area contributed by atoms with Crippen LogP contribution in [0.4, 0.5) is 18.9 Å². The van der Waals surface area contributed by atoms with Gasteiger partial charge in [0.25, 0.3) is 14.2 Å². The quantitative estimate of drug-likeness (QED) is 0.145. The number of nitrogens with one attached hydrogen (secondary N) is 1. The summed E-state index contributed by atoms with van der Waals surface area (Å²) < 4.78 is 64.5. The Bertz CT molecular complexity index is 1790. The van der Waals surface area contributed by atoms with E-state index in [-0.39, 0.29) is 25.6 Å². The summed E-state index contributed by atoms with van der Waals surface area (Å²) in [6, 6.07) is 27.2. The van der Waals surface area contributed by atoms with Crippen LogP contribution < -0.4 is 25.2 Å². The Morgan fingerprint density at radius 3 is 2.25 bits per heavy atom. The first-order valence-electron chi connectivity index (χ1n) is 18.8. The molecule has 3 aliphatic rings. The van der Waals surface area contributed by atoms with Crippen LogP contribution in [0.2, 0.25) is 5.04 Å². The molecule has 0 unspecified atom stereocenters. The average Bonchev–Trinajstić information content (AvgIpc) is 3.80. The van der Waals surface area contributed by atoms with Crippen LogP contribution in [0.25, 0.3) is 0 Å². The van der Waals surface area contributed by atoms with E-state index in [1.807, 2.05) is 96.8 Å². The number of nitrogens with zero attached hydrogens (tertiary/aromatic N) is 3. The minimum atomic E-state index is -3.19. The maximum Gasteiger partial charge on any atom is 0.282 e. The maximum atomic E-state index is 16.8. The molecule has 11 heteroatoms. The van der Waals surface area contributed by atoms with E-state index in [0.717, 1.165) is 53.2 Å². The molecule has 4 heterocycles. The lowest BCUT2D eigenvalue weighted by Gasteiger charge is -2.45. The lowest BCUT2D eigenvalue weighted by atomic mass is 9.86. The van der Waals surface area contributed by atoms with Crippen LogP contribution in [-0.2, 0) is 10.8 Å². The summed E-state index contributed by atoms with van der Waals surface area (Å²) in [7, 11) is -3.19. The van der Waals surface area contributed by atoms with Gasteiger partial charge in [-0.05, 0) is 77.0 Å². The summed E-state index contributed by atoms with van der Waals surface area (Å²) in [5.74, 6) is -1.90. The minimum absolute atomic E-state index is 0.130. The van der Waals surface area contributed by atoms with Crippen LogP contribution >= 0.6 is 0 Å². The Morgan fingerprint density at radius 2 is 1.62 bits per heavy atom. The molecule has 0 amide bonds. The summed E-state index contributed by atoms with van der Waals surface area (Å²) in [5.41, 5.74) is 3.49. The molecule has 4 aromatic rings. The zero-order chi connectivity index (χ0) is 37.2. The number of hydrogen-bond acceptors (Lipinski definition) is 7. The highest BCUT2D eigenvalue weighted by atomic mass is 28.4. The van der Waals surface area contributed by atoms with Crippen molar-refractivity contribution < 1.29 is 27.1 Å². The molecule has 1 aromatic heterocycles. The third-order valence-corrected chi connectivity index (χ3v) is 16.0. The molecule has 1 fully saturated rings.